The van der Waals surface area contributed by atoms with Gasteiger partial charge in [-0.05, 0) is 32.4 Å². The van der Waals surface area contributed by atoms with Crippen molar-refractivity contribution >= 4 is 11.7 Å². The van der Waals surface area contributed by atoms with Crippen molar-refractivity contribution < 1.29 is 23.4 Å². The van der Waals surface area contributed by atoms with Gasteiger partial charge in [0.1, 0.15) is 0 Å². The van der Waals surface area contributed by atoms with Crippen LogP contribution >= 0.6 is 0 Å². The zero-order valence-electron chi connectivity index (χ0n) is 11.0. The summed E-state index contributed by atoms with van der Waals surface area (Å²) >= 11 is 0. The minimum atomic E-state index is -1.25. The van der Waals surface area contributed by atoms with Crippen LogP contribution in [0.1, 0.15) is 30.6 Å². The van der Waals surface area contributed by atoms with E-state index in [2.05, 4.69) is 10.1 Å². The molecule has 106 valence electrons. The van der Waals surface area contributed by atoms with Gasteiger partial charge in [-0.25, -0.2) is 13.6 Å². The van der Waals surface area contributed by atoms with Gasteiger partial charge in [0.15, 0.2) is 11.6 Å². The molecule has 0 saturated carbocycles. The van der Waals surface area contributed by atoms with E-state index in [4.69, 9.17) is 0 Å². The maximum absolute atomic E-state index is 13.7. The number of halogens is 2. The molecule has 19 heavy (non-hydrogen) atoms. The van der Waals surface area contributed by atoms with Gasteiger partial charge in [0.2, 0.25) is 0 Å². The summed E-state index contributed by atoms with van der Waals surface area (Å²) in [4.78, 5) is 11.2. The van der Waals surface area contributed by atoms with Crippen LogP contribution in [0.3, 0.4) is 0 Å². The molecule has 6 heteroatoms. The Hall–Kier alpha value is -1.69. The molecule has 4 nitrogen and oxygen atoms in total. The number of hydrogen-bond acceptors (Lipinski definition) is 4. The summed E-state index contributed by atoms with van der Waals surface area (Å²) in [6.45, 7) is 3.34. The van der Waals surface area contributed by atoms with E-state index in [1.807, 2.05) is 0 Å². The van der Waals surface area contributed by atoms with E-state index in [1.54, 1.807) is 13.8 Å². The molecule has 0 saturated heterocycles. The maximum Gasteiger partial charge on any atom is 0.340 e. The lowest BCUT2D eigenvalue weighted by Gasteiger charge is -2.17. The summed E-state index contributed by atoms with van der Waals surface area (Å²) < 4.78 is 31.7. The van der Waals surface area contributed by atoms with Crippen LogP contribution in [0.4, 0.5) is 14.5 Å². The van der Waals surface area contributed by atoms with E-state index in [0.29, 0.717) is 6.42 Å². The Labute approximate surface area is 110 Å². The molecule has 0 bridgehead atoms. The van der Waals surface area contributed by atoms with Crippen molar-refractivity contribution in [1.82, 2.24) is 0 Å². The Morgan fingerprint density at radius 1 is 1.37 bits per heavy atom. The van der Waals surface area contributed by atoms with Gasteiger partial charge in [0, 0.05) is 6.04 Å². The average molecular weight is 273 g/mol. The highest BCUT2D eigenvalue weighted by atomic mass is 19.2. The predicted octanol–water partition coefficient (Wildman–Crippen LogP) is 2.32. The van der Waals surface area contributed by atoms with Crippen molar-refractivity contribution in [2.45, 2.75) is 32.4 Å². The number of carbonyl (C=O) groups is 1. The molecule has 0 aliphatic heterocycles. The minimum absolute atomic E-state index is 0.0571. The normalized spacial score (nSPS) is 13.8. The molecule has 1 rings (SSSR count). The molecule has 0 heterocycles. The van der Waals surface area contributed by atoms with Crippen LogP contribution in [-0.4, -0.2) is 30.3 Å². The van der Waals surface area contributed by atoms with Crippen LogP contribution in [0.15, 0.2) is 12.1 Å². The number of hydrogen-bond donors (Lipinski definition) is 2. The topological polar surface area (TPSA) is 58.6 Å². The third-order valence-corrected chi connectivity index (χ3v) is 2.58. The van der Waals surface area contributed by atoms with Crippen LogP contribution in [0.25, 0.3) is 0 Å². The van der Waals surface area contributed by atoms with Gasteiger partial charge in [-0.15, -0.1) is 0 Å². The molecule has 1 aromatic carbocycles. The zero-order chi connectivity index (χ0) is 14.6. The Morgan fingerprint density at radius 2 is 2.00 bits per heavy atom. The Kier molecular flexibility index (Phi) is 5.23. The Balaban J connectivity index is 2.93. The molecule has 1 aromatic rings. The molecule has 0 spiro atoms. The van der Waals surface area contributed by atoms with Crippen LogP contribution in [0.2, 0.25) is 0 Å². The van der Waals surface area contributed by atoms with E-state index >= 15 is 0 Å². The van der Waals surface area contributed by atoms with Gasteiger partial charge in [0.05, 0.1) is 24.5 Å². The van der Waals surface area contributed by atoms with E-state index in [0.717, 1.165) is 13.2 Å². The van der Waals surface area contributed by atoms with E-state index in [1.165, 1.54) is 6.07 Å². The van der Waals surface area contributed by atoms with Crippen molar-refractivity contribution in [3.63, 3.8) is 0 Å². The van der Waals surface area contributed by atoms with Crippen LogP contribution in [0, 0.1) is 11.6 Å². The molecule has 0 aromatic heterocycles. The van der Waals surface area contributed by atoms with E-state index < -0.39 is 29.3 Å². The molecule has 2 N–H and O–H groups in total. The van der Waals surface area contributed by atoms with Gasteiger partial charge in [0.25, 0.3) is 0 Å². The van der Waals surface area contributed by atoms with Crippen molar-refractivity contribution in [2.24, 2.45) is 0 Å². The lowest BCUT2D eigenvalue weighted by Crippen LogP contribution is -2.21. The molecule has 2 atom stereocenters. The van der Waals surface area contributed by atoms with Crippen molar-refractivity contribution in [3.8, 4) is 0 Å². The van der Waals surface area contributed by atoms with Gasteiger partial charge >= 0.3 is 5.97 Å². The van der Waals surface area contributed by atoms with Gasteiger partial charge in [-0.2, -0.15) is 0 Å². The quantitative estimate of drug-likeness (QED) is 0.808. The summed E-state index contributed by atoms with van der Waals surface area (Å²) in [5, 5.41) is 11.9. The monoisotopic (exact) mass is 273 g/mol. The summed E-state index contributed by atoms with van der Waals surface area (Å²) in [6, 6.07) is 2.18. The van der Waals surface area contributed by atoms with Crippen molar-refractivity contribution in [3.05, 3.63) is 29.3 Å². The molecular formula is C13H17F2NO3. The second-order valence-corrected chi connectivity index (χ2v) is 4.41. The molecule has 0 amide bonds. The molecular weight excluding hydrogens is 256 g/mol. The zero-order valence-corrected chi connectivity index (χ0v) is 11.0. The predicted molar refractivity (Wildman–Crippen MR) is 67.1 cm³/mol. The number of anilines is 1. The number of aliphatic hydroxyl groups is 1. The summed E-state index contributed by atoms with van der Waals surface area (Å²) in [6.07, 6.45) is -0.162. The maximum atomic E-state index is 13.7. The number of rotatable bonds is 5. The highest BCUT2D eigenvalue weighted by Crippen LogP contribution is 2.22. The summed E-state index contributed by atoms with van der Waals surface area (Å²) in [5.74, 6) is -3.32. The molecule has 0 radical (unpaired) electrons. The minimum Gasteiger partial charge on any atom is -0.465 e. The SMILES string of the molecule is COC(=O)c1ccc(NC(C)CC(C)O)c(F)c1F. The fraction of sp³-hybridized carbons (Fsp3) is 0.462. The number of aliphatic hydroxyl groups excluding tert-OH is 1. The first kappa shape index (κ1) is 15.4. The van der Waals surface area contributed by atoms with Gasteiger partial charge in [-0.1, -0.05) is 0 Å². The number of methoxy groups -OCH3 is 1. The number of carbonyl (C=O) groups excluding carboxylic acids is 1. The fourth-order valence-electron chi connectivity index (χ4n) is 1.76. The van der Waals surface area contributed by atoms with Crippen LogP contribution < -0.4 is 5.32 Å². The largest absolute Gasteiger partial charge is 0.465 e. The molecule has 0 aliphatic carbocycles. The fourth-order valence-corrected chi connectivity index (χ4v) is 1.76. The lowest BCUT2D eigenvalue weighted by molar-refractivity contribution is 0.0594. The first-order chi connectivity index (χ1) is 8.86. The third kappa shape index (κ3) is 3.89. The van der Waals surface area contributed by atoms with Crippen LogP contribution in [-0.2, 0) is 4.74 Å². The highest BCUT2D eigenvalue weighted by molar-refractivity contribution is 5.90. The van der Waals surface area contributed by atoms with Crippen molar-refractivity contribution in [2.75, 3.05) is 12.4 Å². The highest BCUT2D eigenvalue weighted by Gasteiger charge is 2.20. The number of benzene rings is 1. The molecule has 0 fully saturated rings. The third-order valence-electron chi connectivity index (χ3n) is 2.58. The van der Waals surface area contributed by atoms with Gasteiger partial charge in [-0.3, -0.25) is 0 Å². The van der Waals surface area contributed by atoms with E-state index in [-0.39, 0.29) is 11.7 Å². The number of esters is 1. The van der Waals surface area contributed by atoms with Crippen LogP contribution in [0.5, 0.6) is 0 Å². The van der Waals surface area contributed by atoms with Crippen molar-refractivity contribution in [1.29, 1.82) is 0 Å². The molecule has 2 unspecified atom stereocenters. The lowest BCUT2D eigenvalue weighted by atomic mass is 10.1. The second kappa shape index (κ2) is 6.47. The smallest absolute Gasteiger partial charge is 0.340 e. The standard InChI is InChI=1S/C13H17F2NO3/c1-7(6-8(2)17)16-10-5-4-9(13(18)19-3)11(14)12(10)15/h4-5,7-8,16-17H,6H2,1-3H3. The number of ether oxygens (including phenoxy) is 1. The Morgan fingerprint density at radius 3 is 2.53 bits per heavy atom. The molecule has 0 aliphatic rings. The Bertz CT molecular complexity index is 463. The van der Waals surface area contributed by atoms with Gasteiger partial charge < -0.3 is 15.2 Å². The average Bonchev–Trinajstić information content (AvgIpc) is 2.33. The van der Waals surface area contributed by atoms with E-state index in [9.17, 15) is 18.7 Å². The number of nitrogens with one attached hydrogen (secondary N) is 1. The first-order valence-corrected chi connectivity index (χ1v) is 5.87. The summed E-state index contributed by atoms with van der Waals surface area (Å²) in [7, 11) is 1.09. The second-order valence-electron chi connectivity index (χ2n) is 4.41. The first-order valence-electron chi connectivity index (χ1n) is 5.87. The summed E-state index contributed by atoms with van der Waals surface area (Å²) in [5.41, 5.74) is -0.507.